The molecule has 3 nitrogen and oxygen atoms in total. The van der Waals surface area contributed by atoms with E-state index in [4.69, 9.17) is 4.74 Å². The molecule has 15 heavy (non-hydrogen) atoms. The Labute approximate surface area is 89.7 Å². The molecule has 0 aliphatic carbocycles. The molecular weight excluding hydrogens is 190 g/mol. The van der Waals surface area contributed by atoms with Crippen LogP contribution in [0.25, 0.3) is 0 Å². The van der Waals surface area contributed by atoms with Crippen molar-refractivity contribution >= 4 is 11.6 Å². The average molecular weight is 205 g/mol. The number of nitrogens with zero attached hydrogens (tertiary/aromatic N) is 1. The Kier molecular flexibility index (Phi) is 2.90. The molecule has 1 aliphatic rings. The third-order valence-electron chi connectivity index (χ3n) is 2.53. The summed E-state index contributed by atoms with van der Waals surface area (Å²) in [6, 6.07) is 7.71. The van der Waals surface area contributed by atoms with Gasteiger partial charge in [0, 0.05) is 13.0 Å². The van der Waals surface area contributed by atoms with Gasteiger partial charge in [0.25, 0.3) is 0 Å². The topological polar surface area (TPSA) is 29.5 Å². The molecular formula is C12H15NO2. The molecule has 0 N–H and O–H groups in total. The van der Waals surface area contributed by atoms with E-state index < -0.39 is 0 Å². The molecule has 1 heterocycles. The third-order valence-corrected chi connectivity index (χ3v) is 2.53. The number of para-hydroxylation sites is 2. The second kappa shape index (κ2) is 4.34. The van der Waals surface area contributed by atoms with Crippen molar-refractivity contribution in [3.63, 3.8) is 0 Å². The van der Waals surface area contributed by atoms with E-state index >= 15 is 0 Å². The number of ether oxygens (including phenoxy) is 1. The number of benzene rings is 1. The van der Waals surface area contributed by atoms with E-state index in [-0.39, 0.29) is 5.91 Å². The van der Waals surface area contributed by atoms with Crippen LogP contribution in [0.2, 0.25) is 0 Å². The van der Waals surface area contributed by atoms with Crippen molar-refractivity contribution < 1.29 is 9.53 Å². The highest BCUT2D eigenvalue weighted by Crippen LogP contribution is 2.30. The summed E-state index contributed by atoms with van der Waals surface area (Å²) in [4.78, 5) is 13.4. The highest BCUT2D eigenvalue weighted by Gasteiger charge is 2.23. The van der Waals surface area contributed by atoms with Crippen molar-refractivity contribution in [3.8, 4) is 5.75 Å². The van der Waals surface area contributed by atoms with Crippen LogP contribution < -0.4 is 9.64 Å². The van der Waals surface area contributed by atoms with Crippen LogP contribution in [0.5, 0.6) is 5.75 Å². The number of carbonyl (C=O) groups excluding carboxylic acids is 1. The number of carbonyl (C=O) groups is 1. The fourth-order valence-corrected chi connectivity index (χ4v) is 1.86. The van der Waals surface area contributed by atoms with Crippen molar-refractivity contribution in [1.82, 2.24) is 0 Å². The van der Waals surface area contributed by atoms with Gasteiger partial charge >= 0.3 is 0 Å². The SMILES string of the molecule is CCOc1ccccc1N1CCCC1=O. The fourth-order valence-electron chi connectivity index (χ4n) is 1.86. The predicted molar refractivity (Wildman–Crippen MR) is 59.2 cm³/mol. The zero-order valence-corrected chi connectivity index (χ0v) is 8.90. The molecule has 0 saturated carbocycles. The highest BCUT2D eigenvalue weighted by molar-refractivity contribution is 5.96. The van der Waals surface area contributed by atoms with Crippen LogP contribution in [0.4, 0.5) is 5.69 Å². The number of anilines is 1. The van der Waals surface area contributed by atoms with E-state index in [9.17, 15) is 4.79 Å². The van der Waals surface area contributed by atoms with Gasteiger partial charge in [-0.3, -0.25) is 4.79 Å². The summed E-state index contributed by atoms with van der Waals surface area (Å²) in [7, 11) is 0. The number of amides is 1. The Bertz CT molecular complexity index is 362. The summed E-state index contributed by atoms with van der Waals surface area (Å²) in [5, 5.41) is 0. The predicted octanol–water partition coefficient (Wildman–Crippen LogP) is 2.21. The standard InChI is InChI=1S/C12H15NO2/c1-2-15-11-7-4-3-6-10(11)13-9-5-8-12(13)14/h3-4,6-7H,2,5,8-9H2,1H3. The summed E-state index contributed by atoms with van der Waals surface area (Å²) in [6.07, 6.45) is 1.60. The second-order valence-corrected chi connectivity index (χ2v) is 3.55. The van der Waals surface area contributed by atoms with Gasteiger partial charge in [0.05, 0.1) is 12.3 Å². The maximum Gasteiger partial charge on any atom is 0.227 e. The summed E-state index contributed by atoms with van der Waals surface area (Å²) in [5.41, 5.74) is 0.904. The van der Waals surface area contributed by atoms with Gasteiger partial charge in [-0.25, -0.2) is 0 Å². The fraction of sp³-hybridized carbons (Fsp3) is 0.417. The minimum Gasteiger partial charge on any atom is -0.492 e. The first-order chi connectivity index (χ1) is 7.33. The van der Waals surface area contributed by atoms with Crippen LogP contribution in [0.3, 0.4) is 0 Å². The van der Waals surface area contributed by atoms with Crippen LogP contribution in [0.15, 0.2) is 24.3 Å². The Balaban J connectivity index is 2.29. The molecule has 1 aliphatic heterocycles. The monoisotopic (exact) mass is 205 g/mol. The van der Waals surface area contributed by atoms with Crippen molar-refractivity contribution in [2.45, 2.75) is 19.8 Å². The molecule has 0 bridgehead atoms. The molecule has 0 atom stereocenters. The lowest BCUT2D eigenvalue weighted by atomic mass is 10.2. The minimum atomic E-state index is 0.196. The first-order valence-corrected chi connectivity index (χ1v) is 5.35. The third kappa shape index (κ3) is 1.96. The van der Waals surface area contributed by atoms with Gasteiger partial charge in [-0.15, -0.1) is 0 Å². The summed E-state index contributed by atoms with van der Waals surface area (Å²) in [6.45, 7) is 3.38. The minimum absolute atomic E-state index is 0.196. The number of hydrogen-bond acceptors (Lipinski definition) is 2. The highest BCUT2D eigenvalue weighted by atomic mass is 16.5. The molecule has 0 aromatic heterocycles. The van der Waals surface area contributed by atoms with Crippen molar-refractivity contribution in [1.29, 1.82) is 0 Å². The molecule has 2 rings (SSSR count). The maximum absolute atomic E-state index is 11.6. The van der Waals surface area contributed by atoms with E-state index in [1.165, 1.54) is 0 Å². The smallest absolute Gasteiger partial charge is 0.227 e. The first-order valence-electron chi connectivity index (χ1n) is 5.35. The van der Waals surface area contributed by atoms with Gasteiger partial charge in [0.1, 0.15) is 5.75 Å². The maximum atomic E-state index is 11.6. The molecule has 1 aromatic carbocycles. The van der Waals surface area contributed by atoms with Crippen LogP contribution in [-0.4, -0.2) is 19.1 Å². The lowest BCUT2D eigenvalue weighted by molar-refractivity contribution is -0.117. The van der Waals surface area contributed by atoms with Crippen molar-refractivity contribution in [2.75, 3.05) is 18.1 Å². The van der Waals surface area contributed by atoms with E-state index in [0.29, 0.717) is 13.0 Å². The molecule has 0 radical (unpaired) electrons. The van der Waals surface area contributed by atoms with Gasteiger partial charge in [-0.1, -0.05) is 12.1 Å². The molecule has 1 saturated heterocycles. The van der Waals surface area contributed by atoms with E-state index in [0.717, 1.165) is 24.4 Å². The van der Waals surface area contributed by atoms with Crippen LogP contribution >= 0.6 is 0 Å². The van der Waals surface area contributed by atoms with E-state index in [2.05, 4.69) is 0 Å². The second-order valence-electron chi connectivity index (χ2n) is 3.55. The zero-order chi connectivity index (χ0) is 10.7. The molecule has 1 fully saturated rings. The average Bonchev–Trinajstić information content (AvgIpc) is 2.66. The lowest BCUT2D eigenvalue weighted by Crippen LogP contribution is -2.24. The largest absolute Gasteiger partial charge is 0.492 e. The molecule has 80 valence electrons. The Hall–Kier alpha value is -1.51. The van der Waals surface area contributed by atoms with Crippen LogP contribution in [-0.2, 0) is 4.79 Å². The Morgan fingerprint density at radius 3 is 2.87 bits per heavy atom. The van der Waals surface area contributed by atoms with E-state index in [1.54, 1.807) is 0 Å². The molecule has 1 amide bonds. The molecule has 3 heteroatoms. The summed E-state index contributed by atoms with van der Waals surface area (Å²) in [5.74, 6) is 0.998. The normalized spacial score (nSPS) is 15.8. The zero-order valence-electron chi connectivity index (χ0n) is 8.90. The quantitative estimate of drug-likeness (QED) is 0.757. The van der Waals surface area contributed by atoms with Gasteiger partial charge in [0.2, 0.25) is 5.91 Å². The Morgan fingerprint density at radius 2 is 2.20 bits per heavy atom. The molecule has 0 spiro atoms. The lowest BCUT2D eigenvalue weighted by Gasteiger charge is -2.19. The van der Waals surface area contributed by atoms with Crippen LogP contribution in [0, 0.1) is 0 Å². The Morgan fingerprint density at radius 1 is 1.40 bits per heavy atom. The number of hydrogen-bond donors (Lipinski definition) is 0. The first kappa shape index (κ1) is 10.0. The summed E-state index contributed by atoms with van der Waals surface area (Å²) < 4.78 is 5.50. The summed E-state index contributed by atoms with van der Waals surface area (Å²) >= 11 is 0. The van der Waals surface area contributed by atoms with Crippen molar-refractivity contribution in [2.24, 2.45) is 0 Å². The van der Waals surface area contributed by atoms with Gasteiger partial charge < -0.3 is 9.64 Å². The van der Waals surface area contributed by atoms with Crippen molar-refractivity contribution in [3.05, 3.63) is 24.3 Å². The number of rotatable bonds is 3. The molecule has 1 aromatic rings. The van der Waals surface area contributed by atoms with Crippen LogP contribution in [0.1, 0.15) is 19.8 Å². The van der Waals surface area contributed by atoms with E-state index in [1.807, 2.05) is 36.1 Å². The molecule has 0 unspecified atom stereocenters. The van der Waals surface area contributed by atoms with Gasteiger partial charge in [0.15, 0.2) is 0 Å². The van der Waals surface area contributed by atoms with Gasteiger partial charge in [-0.05, 0) is 25.5 Å². The van der Waals surface area contributed by atoms with Gasteiger partial charge in [-0.2, -0.15) is 0 Å².